The summed E-state index contributed by atoms with van der Waals surface area (Å²) in [4.78, 5) is 33.5. The molecule has 1 aliphatic heterocycles. The van der Waals surface area contributed by atoms with Crippen LogP contribution in [0, 0.1) is 11.2 Å². The molecular weight excluding hydrogens is 513 g/mol. The largest absolute Gasteiger partial charge is 0.465 e. The minimum Gasteiger partial charge on any atom is -0.465 e. The highest BCUT2D eigenvalue weighted by molar-refractivity contribution is 5.82. The number of piperazine rings is 1. The summed E-state index contributed by atoms with van der Waals surface area (Å²) in [5, 5.41) is 15.8. The van der Waals surface area contributed by atoms with Crippen molar-refractivity contribution >= 4 is 51.9 Å². The van der Waals surface area contributed by atoms with Gasteiger partial charge in [0.05, 0.1) is 23.3 Å². The molecule has 1 aliphatic rings. The van der Waals surface area contributed by atoms with Crippen LogP contribution in [0.4, 0.5) is 44.0 Å². The van der Waals surface area contributed by atoms with Crippen molar-refractivity contribution in [3.63, 3.8) is 0 Å². The van der Waals surface area contributed by atoms with Gasteiger partial charge in [0.2, 0.25) is 11.9 Å². The number of H-pyrrole nitrogens is 1. The van der Waals surface area contributed by atoms with Crippen LogP contribution in [-0.2, 0) is 0 Å². The van der Waals surface area contributed by atoms with Gasteiger partial charge in [0.25, 0.3) is 0 Å². The number of carboxylic acid groups (broad SMARTS) is 1. The summed E-state index contributed by atoms with van der Waals surface area (Å²) in [7, 11) is 3.83. The van der Waals surface area contributed by atoms with E-state index in [1.54, 1.807) is 0 Å². The lowest BCUT2D eigenvalue weighted by atomic mass is 9.84. The monoisotopic (exact) mass is 547 g/mol. The van der Waals surface area contributed by atoms with Gasteiger partial charge in [0.15, 0.2) is 11.6 Å². The molecule has 5 rings (SSSR count). The number of aromatic amines is 1. The second-order valence-electron chi connectivity index (χ2n) is 11.2. The van der Waals surface area contributed by atoms with Crippen LogP contribution in [0.1, 0.15) is 20.8 Å². The Kier molecular flexibility index (Phi) is 7.09. The fourth-order valence-electron chi connectivity index (χ4n) is 4.81. The maximum absolute atomic E-state index is 14.6. The molecule has 4 N–H and O–H groups in total. The van der Waals surface area contributed by atoms with E-state index < -0.39 is 11.9 Å². The number of amides is 1. The summed E-state index contributed by atoms with van der Waals surface area (Å²) >= 11 is 0. The van der Waals surface area contributed by atoms with Crippen molar-refractivity contribution in [1.82, 2.24) is 24.8 Å². The Morgan fingerprint density at radius 1 is 1.07 bits per heavy atom. The average molecular weight is 548 g/mol. The molecule has 0 bridgehead atoms. The van der Waals surface area contributed by atoms with E-state index in [9.17, 15) is 14.3 Å². The summed E-state index contributed by atoms with van der Waals surface area (Å²) in [6.07, 6.45) is 0.236. The van der Waals surface area contributed by atoms with Gasteiger partial charge in [-0.2, -0.15) is 4.98 Å². The third kappa shape index (κ3) is 5.70. The molecule has 12 heteroatoms. The topological polar surface area (TPSA) is 126 Å². The number of benzene rings is 2. The quantitative estimate of drug-likeness (QED) is 0.256. The highest BCUT2D eigenvalue weighted by atomic mass is 19.1. The van der Waals surface area contributed by atoms with Crippen molar-refractivity contribution < 1.29 is 14.3 Å². The van der Waals surface area contributed by atoms with Crippen LogP contribution in [0.25, 0.3) is 11.0 Å². The van der Waals surface area contributed by atoms with Gasteiger partial charge < -0.3 is 35.4 Å². The van der Waals surface area contributed by atoms with Gasteiger partial charge in [-0.1, -0.05) is 20.8 Å². The number of nitrogens with one attached hydrogen (secondary N) is 3. The zero-order valence-corrected chi connectivity index (χ0v) is 23.2. The molecule has 210 valence electrons. The SMILES string of the molecule is CN(C)c1nc2ccc(Nc3ncc(F)c(Nc4ccc(N5CCN(C(=O)O)C(C(C)(C)C)C5)cc4)n3)cc2[nH]1. The number of hydrogen-bond donors (Lipinski definition) is 4. The smallest absolute Gasteiger partial charge is 0.407 e. The van der Waals surface area contributed by atoms with Gasteiger partial charge in [-0.05, 0) is 47.9 Å². The number of anilines is 6. The first-order valence-corrected chi connectivity index (χ1v) is 13.1. The Bertz CT molecular complexity index is 1510. The predicted octanol–water partition coefficient (Wildman–Crippen LogP) is 5.26. The predicted molar refractivity (Wildman–Crippen MR) is 156 cm³/mol. The van der Waals surface area contributed by atoms with Crippen LogP contribution in [-0.4, -0.2) is 75.8 Å². The Labute approximate surface area is 232 Å². The lowest BCUT2D eigenvalue weighted by molar-refractivity contribution is 0.0748. The fourth-order valence-corrected chi connectivity index (χ4v) is 4.81. The molecule has 2 aromatic carbocycles. The second-order valence-corrected chi connectivity index (χ2v) is 11.2. The van der Waals surface area contributed by atoms with Crippen molar-refractivity contribution in [1.29, 1.82) is 0 Å². The third-order valence-electron chi connectivity index (χ3n) is 7.01. The van der Waals surface area contributed by atoms with Gasteiger partial charge in [-0.3, -0.25) is 0 Å². The number of carbonyl (C=O) groups is 1. The lowest BCUT2D eigenvalue weighted by Gasteiger charge is -2.46. The van der Waals surface area contributed by atoms with Gasteiger partial charge in [0, 0.05) is 50.8 Å². The zero-order chi connectivity index (χ0) is 28.6. The van der Waals surface area contributed by atoms with E-state index in [4.69, 9.17) is 0 Å². The summed E-state index contributed by atoms with van der Waals surface area (Å²) in [6.45, 7) is 7.80. The molecule has 0 aliphatic carbocycles. The third-order valence-corrected chi connectivity index (χ3v) is 7.01. The molecule has 4 aromatic rings. The molecule has 3 heterocycles. The normalized spacial score (nSPS) is 15.8. The highest BCUT2D eigenvalue weighted by Crippen LogP contribution is 2.31. The number of halogens is 1. The summed E-state index contributed by atoms with van der Waals surface area (Å²) in [5.74, 6) is 0.466. The van der Waals surface area contributed by atoms with Gasteiger partial charge in [-0.25, -0.2) is 19.2 Å². The van der Waals surface area contributed by atoms with E-state index in [1.807, 2.05) is 61.5 Å². The molecule has 1 saturated heterocycles. The number of nitrogens with zero attached hydrogens (tertiary/aromatic N) is 6. The van der Waals surface area contributed by atoms with E-state index in [0.29, 0.717) is 25.3 Å². The molecule has 2 aromatic heterocycles. The number of rotatable bonds is 6. The van der Waals surface area contributed by atoms with Crippen LogP contribution in [0.5, 0.6) is 0 Å². The van der Waals surface area contributed by atoms with Crippen LogP contribution >= 0.6 is 0 Å². The zero-order valence-electron chi connectivity index (χ0n) is 23.2. The van der Waals surface area contributed by atoms with Crippen molar-refractivity contribution in [2.45, 2.75) is 26.8 Å². The molecule has 40 heavy (non-hydrogen) atoms. The summed E-state index contributed by atoms with van der Waals surface area (Å²) in [6, 6.07) is 13.1. The fraction of sp³-hybridized carbons (Fsp3) is 0.357. The number of imidazole rings is 1. The summed E-state index contributed by atoms with van der Waals surface area (Å²) < 4.78 is 14.6. The molecule has 1 amide bonds. The van der Waals surface area contributed by atoms with Crippen molar-refractivity contribution in [3.8, 4) is 0 Å². The van der Waals surface area contributed by atoms with Crippen molar-refractivity contribution in [2.24, 2.45) is 5.41 Å². The lowest BCUT2D eigenvalue weighted by Crippen LogP contribution is -2.59. The minimum atomic E-state index is -0.889. The second kappa shape index (κ2) is 10.5. The first-order chi connectivity index (χ1) is 19.0. The summed E-state index contributed by atoms with van der Waals surface area (Å²) in [5.41, 5.74) is 3.86. The van der Waals surface area contributed by atoms with Gasteiger partial charge in [-0.15, -0.1) is 0 Å². The molecule has 0 spiro atoms. The van der Waals surface area contributed by atoms with E-state index in [2.05, 4.69) is 56.2 Å². The van der Waals surface area contributed by atoms with Crippen LogP contribution < -0.4 is 20.4 Å². The van der Waals surface area contributed by atoms with E-state index >= 15 is 0 Å². The standard InChI is InChI=1S/C28H34FN9O2/c1-28(2,3)23-16-37(12-13-38(23)27(39)40)19-9-6-17(7-10-19)31-24-20(29)15-30-25(35-24)32-18-8-11-21-22(14-18)34-26(33-21)36(4)5/h6-11,14-15,23H,12-13,16H2,1-5H3,(H,33,34)(H,39,40)(H2,30,31,32,35). The van der Waals surface area contributed by atoms with Crippen LogP contribution in [0.3, 0.4) is 0 Å². The minimum absolute atomic E-state index is 0.0469. The Morgan fingerprint density at radius 3 is 2.48 bits per heavy atom. The maximum atomic E-state index is 14.6. The Morgan fingerprint density at radius 2 is 1.80 bits per heavy atom. The first-order valence-electron chi connectivity index (χ1n) is 13.1. The number of fused-ring (bicyclic) bond motifs is 1. The van der Waals surface area contributed by atoms with Gasteiger partial charge >= 0.3 is 6.09 Å². The molecule has 0 saturated carbocycles. The molecule has 1 atom stereocenters. The molecule has 11 nitrogen and oxygen atoms in total. The highest BCUT2D eigenvalue weighted by Gasteiger charge is 2.38. The molecule has 0 radical (unpaired) electrons. The number of aromatic nitrogens is 4. The van der Waals surface area contributed by atoms with Crippen LogP contribution in [0.2, 0.25) is 0 Å². The maximum Gasteiger partial charge on any atom is 0.407 e. The number of hydrogen-bond acceptors (Lipinski definition) is 8. The van der Waals surface area contributed by atoms with Crippen molar-refractivity contribution in [3.05, 3.63) is 54.5 Å². The molecular formula is C28H34FN9O2. The van der Waals surface area contributed by atoms with Crippen molar-refractivity contribution in [2.75, 3.05) is 54.2 Å². The van der Waals surface area contributed by atoms with E-state index in [1.165, 1.54) is 4.90 Å². The Hall–Kier alpha value is -4.61. The van der Waals surface area contributed by atoms with Gasteiger partial charge in [0.1, 0.15) is 0 Å². The van der Waals surface area contributed by atoms with E-state index in [-0.39, 0.29) is 23.2 Å². The Balaban J connectivity index is 1.28. The first kappa shape index (κ1) is 27.0. The van der Waals surface area contributed by atoms with Crippen LogP contribution in [0.15, 0.2) is 48.7 Å². The average Bonchev–Trinajstić information content (AvgIpc) is 3.34. The molecule has 1 fully saturated rings. The van der Waals surface area contributed by atoms with E-state index in [0.717, 1.165) is 34.6 Å². The molecule has 1 unspecified atom stereocenters.